The van der Waals surface area contributed by atoms with Crippen molar-refractivity contribution in [2.45, 2.75) is 19.9 Å². The van der Waals surface area contributed by atoms with E-state index in [0.29, 0.717) is 0 Å². The molecule has 0 bridgehead atoms. The molecular weight excluding hydrogens is 192 g/mol. The molecule has 82 valence electrons. The summed E-state index contributed by atoms with van der Waals surface area (Å²) in [5.41, 5.74) is 1.13. The number of carboxylic acids is 1. The molecule has 4 heteroatoms. The molecule has 0 spiro atoms. The van der Waals surface area contributed by atoms with E-state index < -0.39 is 5.97 Å². The van der Waals surface area contributed by atoms with Crippen molar-refractivity contribution < 1.29 is 9.90 Å². The Morgan fingerprint density at radius 2 is 2.27 bits per heavy atom. The Labute approximate surface area is 89.6 Å². The van der Waals surface area contributed by atoms with E-state index in [4.69, 9.17) is 5.11 Å². The molecule has 0 atom stereocenters. The second-order valence-corrected chi connectivity index (χ2v) is 3.58. The third kappa shape index (κ3) is 3.67. The number of rotatable bonds is 5. The van der Waals surface area contributed by atoms with Gasteiger partial charge in [0.25, 0.3) is 0 Å². The Kier molecular flexibility index (Phi) is 4.24. The number of nitrogens with zero attached hydrogens (tertiary/aromatic N) is 2. The van der Waals surface area contributed by atoms with Crippen LogP contribution in [0.2, 0.25) is 0 Å². The lowest BCUT2D eigenvalue weighted by Gasteiger charge is -2.14. The molecule has 0 unspecified atom stereocenters. The summed E-state index contributed by atoms with van der Waals surface area (Å²) in [6.07, 6.45) is 2.50. The average Bonchev–Trinajstić information content (AvgIpc) is 2.18. The van der Waals surface area contributed by atoms with Crippen LogP contribution in [0.1, 0.15) is 29.4 Å². The number of carbonyl (C=O) groups is 1. The van der Waals surface area contributed by atoms with Gasteiger partial charge in [0.1, 0.15) is 0 Å². The zero-order chi connectivity index (χ0) is 11.3. The number of hydrogen-bond acceptors (Lipinski definition) is 3. The fourth-order valence-corrected chi connectivity index (χ4v) is 1.38. The van der Waals surface area contributed by atoms with Crippen molar-refractivity contribution >= 4 is 5.97 Å². The average molecular weight is 208 g/mol. The fourth-order valence-electron chi connectivity index (χ4n) is 1.38. The van der Waals surface area contributed by atoms with Crippen molar-refractivity contribution in [3.8, 4) is 0 Å². The first-order valence-electron chi connectivity index (χ1n) is 5.00. The molecule has 1 heterocycles. The lowest BCUT2D eigenvalue weighted by Crippen LogP contribution is -2.19. The van der Waals surface area contributed by atoms with Gasteiger partial charge in [-0.15, -0.1) is 0 Å². The molecule has 1 aromatic rings. The van der Waals surface area contributed by atoms with Crippen molar-refractivity contribution in [3.05, 3.63) is 29.6 Å². The number of aromatic carboxylic acids is 1. The number of carboxylic acid groups (broad SMARTS) is 1. The number of hydrogen-bond donors (Lipinski definition) is 1. The summed E-state index contributed by atoms with van der Waals surface area (Å²) in [4.78, 5) is 16.8. The van der Waals surface area contributed by atoms with E-state index in [9.17, 15) is 4.79 Å². The predicted octanol–water partition coefficient (Wildman–Crippen LogP) is 1.62. The van der Waals surface area contributed by atoms with Crippen molar-refractivity contribution in [1.29, 1.82) is 0 Å². The first-order valence-corrected chi connectivity index (χ1v) is 5.00. The van der Waals surface area contributed by atoms with Crippen LogP contribution in [-0.4, -0.2) is 34.6 Å². The minimum absolute atomic E-state index is 0.233. The van der Waals surface area contributed by atoms with Gasteiger partial charge in [-0.3, -0.25) is 4.98 Å². The molecule has 4 nitrogen and oxygen atoms in total. The summed E-state index contributed by atoms with van der Waals surface area (Å²) in [6, 6.07) is 3.35. The van der Waals surface area contributed by atoms with Gasteiger partial charge in [-0.2, -0.15) is 0 Å². The molecule has 1 aromatic heterocycles. The monoisotopic (exact) mass is 208 g/mol. The van der Waals surface area contributed by atoms with Crippen LogP contribution in [0.5, 0.6) is 0 Å². The Bertz CT molecular complexity index is 322. The van der Waals surface area contributed by atoms with Crippen LogP contribution in [-0.2, 0) is 6.54 Å². The largest absolute Gasteiger partial charge is 0.478 e. The molecule has 0 aromatic carbocycles. The molecule has 15 heavy (non-hydrogen) atoms. The summed E-state index contributed by atoms with van der Waals surface area (Å²) in [5, 5.41) is 8.69. The summed E-state index contributed by atoms with van der Waals surface area (Å²) in [7, 11) is 2.02. The van der Waals surface area contributed by atoms with Gasteiger partial charge >= 0.3 is 5.97 Å². The van der Waals surface area contributed by atoms with Gasteiger partial charge < -0.3 is 10.0 Å². The van der Waals surface area contributed by atoms with Crippen LogP contribution in [0.3, 0.4) is 0 Å². The molecule has 0 aliphatic carbocycles. The first kappa shape index (κ1) is 11.7. The van der Waals surface area contributed by atoms with Crippen LogP contribution in [0.4, 0.5) is 0 Å². The first-order chi connectivity index (χ1) is 7.13. The molecule has 1 N–H and O–H groups in total. The predicted molar refractivity (Wildman–Crippen MR) is 57.8 cm³/mol. The minimum atomic E-state index is -0.934. The summed E-state index contributed by atoms with van der Waals surface area (Å²) in [6.45, 7) is 3.90. The van der Waals surface area contributed by atoms with Crippen molar-refractivity contribution in [2.24, 2.45) is 0 Å². The maximum Gasteiger partial charge on any atom is 0.337 e. The summed E-state index contributed by atoms with van der Waals surface area (Å²) < 4.78 is 0. The Morgan fingerprint density at radius 3 is 2.73 bits per heavy atom. The Balaban J connectivity index is 2.60. The van der Waals surface area contributed by atoms with Gasteiger partial charge in [-0.1, -0.05) is 6.92 Å². The van der Waals surface area contributed by atoms with Crippen molar-refractivity contribution in [2.75, 3.05) is 13.6 Å². The molecule has 0 fully saturated rings. The molecule has 0 saturated heterocycles. The molecule has 1 rings (SSSR count). The van der Waals surface area contributed by atoms with Crippen LogP contribution < -0.4 is 0 Å². The second-order valence-electron chi connectivity index (χ2n) is 3.58. The number of pyridine rings is 1. The molecule has 0 aliphatic heterocycles. The molecule has 0 radical (unpaired) electrons. The maximum absolute atomic E-state index is 10.6. The van der Waals surface area contributed by atoms with E-state index in [1.54, 1.807) is 12.1 Å². The molecule has 0 amide bonds. The third-order valence-corrected chi connectivity index (χ3v) is 2.11. The van der Waals surface area contributed by atoms with Crippen LogP contribution in [0, 0.1) is 0 Å². The zero-order valence-electron chi connectivity index (χ0n) is 9.10. The highest BCUT2D eigenvalue weighted by Gasteiger charge is 2.04. The molecular formula is C11H16N2O2. The van der Waals surface area contributed by atoms with Crippen LogP contribution in [0.25, 0.3) is 0 Å². The van der Waals surface area contributed by atoms with Crippen LogP contribution >= 0.6 is 0 Å². The molecule has 0 saturated carbocycles. The SMILES string of the molecule is CCCN(C)Cc1ccc(C(=O)O)cn1. The normalized spacial score (nSPS) is 10.6. The molecule has 0 aliphatic rings. The summed E-state index contributed by atoms with van der Waals surface area (Å²) >= 11 is 0. The van der Waals surface area contributed by atoms with E-state index in [2.05, 4.69) is 16.8 Å². The van der Waals surface area contributed by atoms with E-state index in [1.807, 2.05) is 7.05 Å². The van der Waals surface area contributed by atoms with E-state index in [0.717, 1.165) is 25.2 Å². The van der Waals surface area contributed by atoms with Gasteiger partial charge in [-0.05, 0) is 32.1 Å². The highest BCUT2D eigenvalue weighted by molar-refractivity contribution is 5.87. The third-order valence-electron chi connectivity index (χ3n) is 2.11. The quantitative estimate of drug-likeness (QED) is 0.799. The lowest BCUT2D eigenvalue weighted by molar-refractivity contribution is 0.0696. The van der Waals surface area contributed by atoms with Gasteiger partial charge in [0.05, 0.1) is 11.3 Å². The van der Waals surface area contributed by atoms with Gasteiger partial charge in [-0.25, -0.2) is 4.79 Å². The Hall–Kier alpha value is -1.42. The van der Waals surface area contributed by atoms with E-state index in [-0.39, 0.29) is 5.56 Å². The van der Waals surface area contributed by atoms with Gasteiger partial charge in [0, 0.05) is 12.7 Å². The highest BCUT2D eigenvalue weighted by Crippen LogP contribution is 2.03. The van der Waals surface area contributed by atoms with Gasteiger partial charge in [0.2, 0.25) is 0 Å². The van der Waals surface area contributed by atoms with E-state index in [1.165, 1.54) is 6.20 Å². The Morgan fingerprint density at radius 1 is 1.53 bits per heavy atom. The highest BCUT2D eigenvalue weighted by atomic mass is 16.4. The van der Waals surface area contributed by atoms with Crippen molar-refractivity contribution in [3.63, 3.8) is 0 Å². The van der Waals surface area contributed by atoms with E-state index >= 15 is 0 Å². The minimum Gasteiger partial charge on any atom is -0.478 e. The maximum atomic E-state index is 10.6. The fraction of sp³-hybridized carbons (Fsp3) is 0.455. The van der Waals surface area contributed by atoms with Gasteiger partial charge in [0.15, 0.2) is 0 Å². The second kappa shape index (κ2) is 5.46. The van der Waals surface area contributed by atoms with Crippen molar-refractivity contribution in [1.82, 2.24) is 9.88 Å². The topological polar surface area (TPSA) is 53.4 Å². The number of aromatic nitrogens is 1. The van der Waals surface area contributed by atoms with Crippen LogP contribution in [0.15, 0.2) is 18.3 Å². The summed E-state index contributed by atoms with van der Waals surface area (Å²) in [5.74, 6) is -0.934. The lowest BCUT2D eigenvalue weighted by atomic mass is 10.2. The smallest absolute Gasteiger partial charge is 0.337 e. The zero-order valence-corrected chi connectivity index (χ0v) is 9.10. The standard InChI is InChI=1S/C11H16N2O2/c1-3-6-13(2)8-10-5-4-9(7-12-10)11(14)15/h4-5,7H,3,6,8H2,1-2H3,(H,14,15).